The molecule has 0 heterocycles. The maximum atomic E-state index is 13.5. The van der Waals surface area contributed by atoms with Crippen LogP contribution in [0, 0.1) is 5.82 Å². The van der Waals surface area contributed by atoms with Gasteiger partial charge in [-0.15, -0.1) is 0 Å². The first-order chi connectivity index (χ1) is 8.23. The van der Waals surface area contributed by atoms with E-state index in [4.69, 9.17) is 15.2 Å². The summed E-state index contributed by atoms with van der Waals surface area (Å²) in [4.78, 5) is 11.6. The molecule has 100 valence electrons. The minimum atomic E-state index is -0.703. The lowest BCUT2D eigenvalue weighted by molar-refractivity contribution is 0.0635. The lowest BCUT2D eigenvalue weighted by Crippen LogP contribution is -2.27. The van der Waals surface area contributed by atoms with Crippen molar-refractivity contribution in [3.8, 4) is 5.75 Å². The number of ether oxygens (including phenoxy) is 2. The van der Waals surface area contributed by atoms with Crippen LogP contribution in [0.4, 0.5) is 20.6 Å². The highest BCUT2D eigenvalue weighted by atomic mass is 19.1. The Hall–Kier alpha value is -1.98. The standard InChI is InChI=1S/C12H17FN2O3/c1-12(2,3)18-11(16)15-9-6-7(14)5-8(13)10(9)17-4/h5-6H,14H2,1-4H3,(H,15,16). The number of amides is 1. The Kier molecular flexibility index (Phi) is 4.00. The van der Waals surface area contributed by atoms with Crippen LogP contribution < -0.4 is 15.8 Å². The zero-order chi connectivity index (χ0) is 13.9. The molecule has 0 aliphatic heterocycles. The first kappa shape index (κ1) is 14.1. The highest BCUT2D eigenvalue weighted by Gasteiger charge is 2.19. The van der Waals surface area contributed by atoms with Gasteiger partial charge in [0.2, 0.25) is 0 Å². The summed E-state index contributed by atoms with van der Waals surface area (Å²) < 4.78 is 23.4. The predicted molar refractivity (Wildman–Crippen MR) is 67.2 cm³/mol. The molecular formula is C12H17FN2O3. The Morgan fingerprint density at radius 2 is 2.00 bits per heavy atom. The molecule has 0 aliphatic rings. The van der Waals surface area contributed by atoms with E-state index < -0.39 is 17.5 Å². The molecule has 0 radical (unpaired) electrons. The van der Waals surface area contributed by atoms with Crippen LogP contribution in [0.25, 0.3) is 0 Å². The molecule has 1 amide bonds. The summed E-state index contributed by atoms with van der Waals surface area (Å²) in [7, 11) is 1.30. The topological polar surface area (TPSA) is 73.6 Å². The van der Waals surface area contributed by atoms with Crippen molar-refractivity contribution in [3.05, 3.63) is 17.9 Å². The molecule has 1 aromatic carbocycles. The minimum absolute atomic E-state index is 0.0879. The zero-order valence-corrected chi connectivity index (χ0v) is 10.8. The first-order valence-corrected chi connectivity index (χ1v) is 5.36. The third-order valence-electron chi connectivity index (χ3n) is 1.91. The van der Waals surface area contributed by atoms with Crippen molar-refractivity contribution >= 4 is 17.5 Å². The van der Waals surface area contributed by atoms with E-state index in [1.165, 1.54) is 13.2 Å². The Morgan fingerprint density at radius 3 is 2.50 bits per heavy atom. The van der Waals surface area contributed by atoms with Gasteiger partial charge < -0.3 is 15.2 Å². The van der Waals surface area contributed by atoms with E-state index in [1.54, 1.807) is 20.8 Å². The van der Waals surface area contributed by atoms with Crippen LogP contribution in [0.5, 0.6) is 5.75 Å². The van der Waals surface area contributed by atoms with Gasteiger partial charge in [-0.2, -0.15) is 0 Å². The van der Waals surface area contributed by atoms with Crippen LogP contribution >= 0.6 is 0 Å². The van der Waals surface area contributed by atoms with Gasteiger partial charge in [0, 0.05) is 11.8 Å². The van der Waals surface area contributed by atoms with Crippen molar-refractivity contribution in [3.63, 3.8) is 0 Å². The molecule has 0 spiro atoms. The summed E-state index contributed by atoms with van der Waals surface area (Å²) in [6, 6.07) is 2.50. The van der Waals surface area contributed by atoms with Crippen LogP contribution in [-0.2, 0) is 4.74 Å². The van der Waals surface area contributed by atoms with Crippen molar-refractivity contribution in [1.29, 1.82) is 0 Å². The molecule has 0 aliphatic carbocycles. The molecule has 6 heteroatoms. The summed E-state index contributed by atoms with van der Waals surface area (Å²) >= 11 is 0. The van der Waals surface area contributed by atoms with Crippen molar-refractivity contribution in [1.82, 2.24) is 0 Å². The molecule has 0 unspecified atom stereocenters. The molecule has 0 bridgehead atoms. The van der Waals surface area contributed by atoms with E-state index in [9.17, 15) is 9.18 Å². The second-order valence-electron chi connectivity index (χ2n) is 4.71. The Bertz CT molecular complexity index is 455. The number of methoxy groups -OCH3 is 1. The highest BCUT2D eigenvalue weighted by molar-refractivity contribution is 5.88. The molecule has 0 saturated heterocycles. The van der Waals surface area contributed by atoms with Crippen molar-refractivity contribution in [2.75, 3.05) is 18.2 Å². The summed E-state index contributed by atoms with van der Waals surface area (Å²) in [6.45, 7) is 5.18. The van der Waals surface area contributed by atoms with E-state index in [0.717, 1.165) is 6.07 Å². The number of carbonyl (C=O) groups is 1. The quantitative estimate of drug-likeness (QED) is 0.798. The van der Waals surface area contributed by atoms with Gasteiger partial charge in [-0.1, -0.05) is 0 Å². The normalized spacial score (nSPS) is 10.9. The third-order valence-corrected chi connectivity index (χ3v) is 1.91. The van der Waals surface area contributed by atoms with Gasteiger partial charge in [0.15, 0.2) is 11.6 Å². The van der Waals surface area contributed by atoms with Gasteiger partial charge >= 0.3 is 6.09 Å². The summed E-state index contributed by atoms with van der Waals surface area (Å²) in [5.74, 6) is -0.737. The van der Waals surface area contributed by atoms with Gasteiger partial charge in [-0.25, -0.2) is 9.18 Å². The van der Waals surface area contributed by atoms with Gasteiger partial charge in [0.1, 0.15) is 5.60 Å². The average Bonchev–Trinajstić information content (AvgIpc) is 2.13. The van der Waals surface area contributed by atoms with E-state index >= 15 is 0 Å². The number of hydrogen-bond donors (Lipinski definition) is 2. The lowest BCUT2D eigenvalue weighted by atomic mass is 10.2. The number of rotatable bonds is 2. The van der Waals surface area contributed by atoms with Crippen LogP contribution in [0.2, 0.25) is 0 Å². The molecule has 18 heavy (non-hydrogen) atoms. The summed E-state index contributed by atoms with van der Waals surface area (Å²) in [5, 5.41) is 2.39. The van der Waals surface area contributed by atoms with Gasteiger partial charge in [0.25, 0.3) is 0 Å². The van der Waals surface area contributed by atoms with Crippen molar-refractivity contribution in [2.45, 2.75) is 26.4 Å². The van der Waals surface area contributed by atoms with Crippen molar-refractivity contribution in [2.24, 2.45) is 0 Å². The van der Waals surface area contributed by atoms with E-state index in [1.807, 2.05) is 0 Å². The predicted octanol–water partition coefficient (Wildman–Crippen LogP) is 2.76. The summed E-state index contributed by atoms with van der Waals surface area (Å²) in [6.07, 6.45) is -0.703. The number of carbonyl (C=O) groups excluding carboxylic acids is 1. The number of nitrogen functional groups attached to an aromatic ring is 1. The highest BCUT2D eigenvalue weighted by Crippen LogP contribution is 2.30. The van der Waals surface area contributed by atoms with E-state index in [2.05, 4.69) is 5.32 Å². The molecular weight excluding hydrogens is 239 g/mol. The number of benzene rings is 1. The van der Waals surface area contributed by atoms with E-state index in [-0.39, 0.29) is 17.1 Å². The fourth-order valence-corrected chi connectivity index (χ4v) is 1.33. The van der Waals surface area contributed by atoms with Crippen LogP contribution in [-0.4, -0.2) is 18.8 Å². The molecule has 1 rings (SSSR count). The van der Waals surface area contributed by atoms with Gasteiger partial charge in [-0.3, -0.25) is 5.32 Å². The zero-order valence-electron chi connectivity index (χ0n) is 10.8. The smallest absolute Gasteiger partial charge is 0.412 e. The van der Waals surface area contributed by atoms with Crippen molar-refractivity contribution < 1.29 is 18.7 Å². The molecule has 0 fully saturated rings. The Morgan fingerprint density at radius 1 is 1.39 bits per heavy atom. The lowest BCUT2D eigenvalue weighted by Gasteiger charge is -2.20. The molecule has 1 aromatic rings. The maximum Gasteiger partial charge on any atom is 0.412 e. The third kappa shape index (κ3) is 3.80. The van der Waals surface area contributed by atoms with Crippen LogP contribution in [0.3, 0.4) is 0 Å². The number of nitrogens with one attached hydrogen (secondary N) is 1. The molecule has 0 atom stereocenters. The average molecular weight is 256 g/mol. The maximum absolute atomic E-state index is 13.5. The van der Waals surface area contributed by atoms with E-state index in [0.29, 0.717) is 0 Å². The second kappa shape index (κ2) is 5.12. The Labute approximate surface area is 105 Å². The Balaban J connectivity index is 2.93. The molecule has 3 N–H and O–H groups in total. The number of anilines is 2. The fraction of sp³-hybridized carbons (Fsp3) is 0.417. The first-order valence-electron chi connectivity index (χ1n) is 5.36. The number of halogens is 1. The van der Waals surface area contributed by atoms with Crippen LogP contribution in [0.1, 0.15) is 20.8 Å². The monoisotopic (exact) mass is 256 g/mol. The SMILES string of the molecule is COc1c(F)cc(N)cc1NC(=O)OC(C)(C)C. The number of hydrogen-bond acceptors (Lipinski definition) is 4. The largest absolute Gasteiger partial charge is 0.492 e. The van der Waals surface area contributed by atoms with Crippen LogP contribution in [0.15, 0.2) is 12.1 Å². The summed E-state index contributed by atoms with van der Waals surface area (Å²) in [5.41, 5.74) is 5.16. The second-order valence-corrected chi connectivity index (χ2v) is 4.71. The molecule has 0 aromatic heterocycles. The molecule has 0 saturated carbocycles. The van der Waals surface area contributed by atoms with Gasteiger partial charge in [0.05, 0.1) is 12.8 Å². The minimum Gasteiger partial charge on any atom is -0.492 e. The van der Waals surface area contributed by atoms with Gasteiger partial charge in [-0.05, 0) is 26.8 Å². The molecule has 5 nitrogen and oxygen atoms in total. The number of nitrogens with two attached hydrogens (primary N) is 1. The fourth-order valence-electron chi connectivity index (χ4n) is 1.33.